The zero-order valence-corrected chi connectivity index (χ0v) is 20.4. The molecule has 31 heavy (non-hydrogen) atoms. The zero-order chi connectivity index (χ0) is 23.2. The fourth-order valence-corrected chi connectivity index (χ4v) is 4.76. The maximum Gasteiger partial charge on any atom is 0.516 e. The molecular formula is C19H16BrClF3N3O2S2. The van der Waals surface area contributed by atoms with Crippen molar-refractivity contribution in [2.45, 2.75) is 31.7 Å². The van der Waals surface area contributed by atoms with E-state index >= 15 is 0 Å². The van der Waals surface area contributed by atoms with Gasteiger partial charge in [-0.25, -0.2) is 4.98 Å². The number of aromatic nitrogens is 2. The number of sulfonamides is 1. The van der Waals surface area contributed by atoms with Crippen LogP contribution in [-0.2, 0) is 15.4 Å². The summed E-state index contributed by atoms with van der Waals surface area (Å²) in [5.41, 5.74) is -3.18. The molecule has 0 saturated carbocycles. The Morgan fingerprint density at radius 1 is 1.16 bits per heavy atom. The molecule has 2 heterocycles. The highest BCUT2D eigenvalue weighted by Crippen LogP contribution is 2.41. The quantitative estimate of drug-likeness (QED) is 0.383. The van der Waals surface area contributed by atoms with E-state index in [-0.39, 0.29) is 20.6 Å². The fraction of sp³-hybridized carbons (Fsp3) is 0.263. The number of alkyl halides is 3. The molecular weight excluding hydrogens is 539 g/mol. The van der Waals surface area contributed by atoms with Crippen LogP contribution in [0.3, 0.4) is 0 Å². The van der Waals surface area contributed by atoms with Crippen molar-refractivity contribution < 1.29 is 21.6 Å². The Balaban J connectivity index is 1.96. The van der Waals surface area contributed by atoms with Gasteiger partial charge in [0.05, 0.1) is 20.9 Å². The summed E-state index contributed by atoms with van der Waals surface area (Å²) in [5, 5.41) is 2.51. The van der Waals surface area contributed by atoms with E-state index in [1.807, 2.05) is 12.1 Å². The highest BCUT2D eigenvalue weighted by molar-refractivity contribution is 9.10. The van der Waals surface area contributed by atoms with Crippen LogP contribution in [0.1, 0.15) is 26.5 Å². The van der Waals surface area contributed by atoms with Crippen LogP contribution in [0.5, 0.6) is 0 Å². The maximum absolute atomic E-state index is 12.6. The van der Waals surface area contributed by atoms with Gasteiger partial charge in [-0.05, 0) is 40.2 Å². The normalized spacial score (nSPS) is 12.8. The summed E-state index contributed by atoms with van der Waals surface area (Å²) < 4.78 is 62.2. The van der Waals surface area contributed by atoms with Crippen molar-refractivity contribution in [2.24, 2.45) is 0 Å². The lowest BCUT2D eigenvalue weighted by molar-refractivity contribution is -0.0429. The molecule has 166 valence electrons. The number of benzene rings is 1. The van der Waals surface area contributed by atoms with Gasteiger partial charge in [-0.1, -0.05) is 32.4 Å². The van der Waals surface area contributed by atoms with Gasteiger partial charge in [0.2, 0.25) is 0 Å². The minimum Gasteiger partial charge on any atom is -0.275 e. The van der Waals surface area contributed by atoms with E-state index in [2.05, 4.69) is 46.7 Å². The molecule has 2 aromatic heterocycles. The highest BCUT2D eigenvalue weighted by atomic mass is 79.9. The largest absolute Gasteiger partial charge is 0.516 e. The molecule has 1 aromatic carbocycles. The van der Waals surface area contributed by atoms with Crippen molar-refractivity contribution in [1.29, 1.82) is 0 Å². The molecule has 0 aliphatic heterocycles. The average Bonchev–Trinajstić information content (AvgIpc) is 3.14. The molecule has 0 radical (unpaired) electrons. The van der Waals surface area contributed by atoms with Gasteiger partial charge in [0, 0.05) is 33.8 Å². The maximum atomic E-state index is 12.6. The predicted molar refractivity (Wildman–Crippen MR) is 121 cm³/mol. The van der Waals surface area contributed by atoms with E-state index in [1.54, 1.807) is 11.6 Å². The topological polar surface area (TPSA) is 72.0 Å². The van der Waals surface area contributed by atoms with Crippen LogP contribution in [0, 0.1) is 0 Å². The third kappa shape index (κ3) is 5.05. The van der Waals surface area contributed by atoms with Crippen LogP contribution >= 0.6 is 38.9 Å². The van der Waals surface area contributed by atoms with Crippen LogP contribution in [0.4, 0.5) is 18.9 Å². The molecule has 0 spiro atoms. The summed E-state index contributed by atoms with van der Waals surface area (Å²) in [6.07, 6.45) is 1.71. The van der Waals surface area contributed by atoms with Crippen molar-refractivity contribution in [3.05, 3.63) is 51.0 Å². The second kappa shape index (κ2) is 8.34. The number of hydrogen-bond acceptors (Lipinski definition) is 5. The second-order valence-corrected chi connectivity index (χ2v) is 11.3. The van der Waals surface area contributed by atoms with E-state index in [0.717, 1.165) is 16.3 Å². The molecule has 1 N–H and O–H groups in total. The van der Waals surface area contributed by atoms with Crippen LogP contribution in [0.2, 0.25) is 5.02 Å². The summed E-state index contributed by atoms with van der Waals surface area (Å²) in [4.78, 5) is 8.98. The Labute approximate surface area is 194 Å². The predicted octanol–water partition coefficient (Wildman–Crippen LogP) is 6.85. The van der Waals surface area contributed by atoms with Crippen molar-refractivity contribution in [3.63, 3.8) is 0 Å². The van der Waals surface area contributed by atoms with E-state index in [0.29, 0.717) is 11.3 Å². The van der Waals surface area contributed by atoms with E-state index in [9.17, 15) is 21.6 Å². The number of halogens is 5. The molecule has 0 amide bonds. The smallest absolute Gasteiger partial charge is 0.275 e. The number of nitrogens with zero attached hydrogens (tertiary/aromatic N) is 2. The second-order valence-electron chi connectivity index (χ2n) is 7.56. The molecule has 5 nitrogen and oxygen atoms in total. The van der Waals surface area contributed by atoms with E-state index in [1.165, 1.54) is 28.2 Å². The number of rotatable bonds is 4. The molecule has 0 fully saturated rings. The summed E-state index contributed by atoms with van der Waals surface area (Å²) in [6.45, 7) is 6.16. The van der Waals surface area contributed by atoms with Crippen molar-refractivity contribution >= 4 is 54.6 Å². The Hall–Kier alpha value is -1.69. The molecule has 12 heteroatoms. The van der Waals surface area contributed by atoms with Crippen LogP contribution in [0.25, 0.3) is 21.8 Å². The average molecular weight is 555 g/mol. The highest BCUT2D eigenvalue weighted by Gasteiger charge is 2.46. The Morgan fingerprint density at radius 2 is 1.84 bits per heavy atom. The first kappa shape index (κ1) is 24.0. The van der Waals surface area contributed by atoms with Crippen LogP contribution < -0.4 is 4.72 Å². The summed E-state index contributed by atoms with van der Waals surface area (Å²) in [6, 6.07) is 6.39. The lowest BCUT2D eigenvalue weighted by atomic mass is 9.91. The Morgan fingerprint density at radius 3 is 2.45 bits per heavy atom. The first-order valence-electron chi connectivity index (χ1n) is 8.70. The summed E-state index contributed by atoms with van der Waals surface area (Å²) in [5.74, 6) is 0. The van der Waals surface area contributed by atoms with Gasteiger partial charge in [0.15, 0.2) is 0 Å². The molecule has 0 atom stereocenters. The number of thiazole rings is 1. The lowest BCUT2D eigenvalue weighted by Crippen LogP contribution is -2.30. The van der Waals surface area contributed by atoms with Crippen LogP contribution in [0.15, 0.2) is 40.3 Å². The van der Waals surface area contributed by atoms with E-state index < -0.39 is 15.5 Å². The minimum atomic E-state index is -5.57. The van der Waals surface area contributed by atoms with Gasteiger partial charge in [-0.15, -0.1) is 11.3 Å². The molecule has 3 aromatic rings. The van der Waals surface area contributed by atoms with Gasteiger partial charge >= 0.3 is 15.5 Å². The lowest BCUT2D eigenvalue weighted by Gasteiger charge is -2.17. The molecule has 0 unspecified atom stereocenters. The van der Waals surface area contributed by atoms with Gasteiger partial charge in [0.1, 0.15) is 5.01 Å². The fourth-order valence-electron chi connectivity index (χ4n) is 2.53. The van der Waals surface area contributed by atoms with Gasteiger partial charge in [0.25, 0.3) is 0 Å². The number of anilines is 1. The first-order chi connectivity index (χ1) is 14.2. The standard InChI is InChI=1S/C19H16BrClF3N3O2S2/c1-18(2,3)14-8-10(6-7-25-14)17-26-13(9-30-17)11-4-5-12(15(20)16(11)21)27-31(28,29)19(22,23)24/h4-9,27H,1-3H3. The molecule has 3 rings (SSSR count). The molecule has 0 bridgehead atoms. The molecule has 0 aliphatic rings. The SMILES string of the molecule is CC(C)(C)c1cc(-c2nc(-c3ccc(NS(=O)(=O)C(F)(F)F)c(Br)c3Cl)cs2)ccn1. The first-order valence-corrected chi connectivity index (χ1v) is 12.2. The third-order valence-electron chi connectivity index (χ3n) is 4.19. The number of pyridine rings is 1. The summed E-state index contributed by atoms with van der Waals surface area (Å²) >= 11 is 10.8. The Bertz CT molecular complexity index is 1240. The van der Waals surface area contributed by atoms with Gasteiger partial charge < -0.3 is 0 Å². The number of hydrogen-bond donors (Lipinski definition) is 1. The van der Waals surface area contributed by atoms with Crippen LogP contribution in [-0.4, -0.2) is 23.9 Å². The van der Waals surface area contributed by atoms with E-state index in [4.69, 9.17) is 11.6 Å². The third-order valence-corrected chi connectivity index (χ3v) is 7.62. The molecule has 0 saturated heterocycles. The monoisotopic (exact) mass is 553 g/mol. The minimum absolute atomic E-state index is 0.0204. The van der Waals surface area contributed by atoms with Crippen molar-refractivity contribution in [2.75, 3.05) is 4.72 Å². The Kier molecular flexibility index (Phi) is 6.45. The molecule has 0 aliphatic carbocycles. The van der Waals surface area contributed by atoms with Crippen molar-refractivity contribution in [3.8, 4) is 21.8 Å². The van der Waals surface area contributed by atoms with Gasteiger partial charge in [-0.2, -0.15) is 21.6 Å². The zero-order valence-electron chi connectivity index (χ0n) is 16.4. The van der Waals surface area contributed by atoms with Crippen molar-refractivity contribution in [1.82, 2.24) is 9.97 Å². The summed E-state index contributed by atoms with van der Waals surface area (Å²) in [7, 11) is -5.57. The van der Waals surface area contributed by atoms with Gasteiger partial charge in [-0.3, -0.25) is 9.71 Å². The number of nitrogens with one attached hydrogen (secondary N) is 1.